The lowest BCUT2D eigenvalue weighted by molar-refractivity contribution is -0.161. The SMILES string of the molecule is CCCC(O)C/C=C\C/C=C\C/C=C\C/C=C\CCCC(=O)OC[C@H](COP(=O)(O)OC[C@@H](O)CO)OC(=O)CCCCCCCCCCCCCCC(C)C. The van der Waals surface area contributed by atoms with Gasteiger partial charge in [0.15, 0.2) is 6.10 Å². The lowest BCUT2D eigenvalue weighted by atomic mass is 10.0. The molecule has 0 bridgehead atoms. The number of carbonyl (C=O) groups excluding carboxylic acids is 2. The fraction of sp³-hybridized carbons (Fsp3) is 0.773. The van der Waals surface area contributed by atoms with Crippen LogP contribution < -0.4 is 0 Å². The summed E-state index contributed by atoms with van der Waals surface area (Å²) in [6.45, 7) is 4.42. The lowest BCUT2D eigenvalue weighted by Crippen LogP contribution is -2.29. The molecule has 0 aliphatic heterocycles. The van der Waals surface area contributed by atoms with Crippen molar-refractivity contribution in [1.29, 1.82) is 0 Å². The first-order chi connectivity index (χ1) is 27.0. The molecule has 0 fully saturated rings. The van der Waals surface area contributed by atoms with E-state index < -0.39 is 51.8 Å². The maximum atomic E-state index is 12.6. The Morgan fingerprint density at radius 3 is 1.66 bits per heavy atom. The van der Waals surface area contributed by atoms with Gasteiger partial charge in [0, 0.05) is 12.8 Å². The molecule has 0 radical (unpaired) electrons. The lowest BCUT2D eigenvalue weighted by Gasteiger charge is -2.20. The first-order valence-electron chi connectivity index (χ1n) is 21.5. The normalized spacial score (nSPS) is 15.0. The van der Waals surface area contributed by atoms with E-state index in [1.807, 2.05) is 18.2 Å². The fourth-order valence-corrected chi connectivity index (χ4v) is 6.45. The number of aliphatic hydroxyl groups is 3. The molecule has 0 spiro atoms. The number of hydrogen-bond acceptors (Lipinski definition) is 10. The van der Waals surface area contributed by atoms with Gasteiger partial charge in [-0.25, -0.2) is 4.57 Å². The number of esters is 2. The quantitative estimate of drug-likeness (QED) is 0.0202. The van der Waals surface area contributed by atoms with E-state index in [1.54, 1.807) is 0 Å². The Morgan fingerprint density at radius 1 is 0.607 bits per heavy atom. The molecule has 56 heavy (non-hydrogen) atoms. The van der Waals surface area contributed by atoms with Crippen molar-refractivity contribution in [1.82, 2.24) is 0 Å². The Kier molecular flexibility index (Phi) is 37.0. The summed E-state index contributed by atoms with van der Waals surface area (Å²) in [5.41, 5.74) is 0. The van der Waals surface area contributed by atoms with Gasteiger partial charge in [0.1, 0.15) is 12.7 Å². The maximum Gasteiger partial charge on any atom is 0.472 e. The van der Waals surface area contributed by atoms with Gasteiger partial charge < -0.3 is 29.7 Å². The highest BCUT2D eigenvalue weighted by Crippen LogP contribution is 2.43. The molecule has 0 amide bonds. The van der Waals surface area contributed by atoms with Crippen molar-refractivity contribution in [2.24, 2.45) is 5.92 Å². The van der Waals surface area contributed by atoms with Gasteiger partial charge >= 0.3 is 19.8 Å². The highest BCUT2D eigenvalue weighted by molar-refractivity contribution is 7.47. The van der Waals surface area contributed by atoms with Gasteiger partial charge in [-0.15, -0.1) is 0 Å². The van der Waals surface area contributed by atoms with Crippen molar-refractivity contribution in [2.75, 3.05) is 26.4 Å². The van der Waals surface area contributed by atoms with Gasteiger partial charge in [-0.1, -0.05) is 153 Å². The highest BCUT2D eigenvalue weighted by atomic mass is 31.2. The van der Waals surface area contributed by atoms with Crippen LogP contribution in [0.2, 0.25) is 0 Å². The summed E-state index contributed by atoms with van der Waals surface area (Å²) >= 11 is 0. The van der Waals surface area contributed by atoms with Crippen LogP contribution in [0.4, 0.5) is 0 Å². The summed E-state index contributed by atoms with van der Waals surface area (Å²) in [5.74, 6) is -0.211. The molecule has 0 rings (SSSR count). The monoisotopic (exact) mass is 815 g/mol. The van der Waals surface area contributed by atoms with Crippen LogP contribution in [0.5, 0.6) is 0 Å². The summed E-state index contributed by atoms with van der Waals surface area (Å²) in [5, 5.41) is 28.0. The first kappa shape index (κ1) is 53.9. The third kappa shape index (κ3) is 38.7. The number of hydrogen-bond donors (Lipinski definition) is 4. The van der Waals surface area contributed by atoms with Crippen molar-refractivity contribution >= 4 is 19.8 Å². The highest BCUT2D eigenvalue weighted by Gasteiger charge is 2.27. The molecule has 0 saturated carbocycles. The molecule has 2 unspecified atom stereocenters. The van der Waals surface area contributed by atoms with Crippen LogP contribution in [0.1, 0.15) is 168 Å². The summed E-state index contributed by atoms with van der Waals surface area (Å²) in [6, 6.07) is 0. The second kappa shape index (κ2) is 38.4. The second-order valence-electron chi connectivity index (χ2n) is 15.0. The summed E-state index contributed by atoms with van der Waals surface area (Å²) < 4.78 is 32.6. The average Bonchev–Trinajstić information content (AvgIpc) is 3.16. The van der Waals surface area contributed by atoms with Crippen LogP contribution in [0.3, 0.4) is 0 Å². The minimum Gasteiger partial charge on any atom is -0.462 e. The topological polar surface area (TPSA) is 169 Å². The van der Waals surface area contributed by atoms with Crippen LogP contribution in [-0.2, 0) is 32.7 Å². The molecular weight excluding hydrogens is 735 g/mol. The fourth-order valence-electron chi connectivity index (χ4n) is 5.66. The van der Waals surface area contributed by atoms with E-state index in [4.69, 9.17) is 19.1 Å². The second-order valence-corrected chi connectivity index (χ2v) is 16.5. The van der Waals surface area contributed by atoms with Crippen LogP contribution in [0, 0.1) is 5.92 Å². The minimum absolute atomic E-state index is 0.150. The zero-order valence-corrected chi connectivity index (χ0v) is 36.0. The van der Waals surface area contributed by atoms with E-state index in [2.05, 4.69) is 55.7 Å². The van der Waals surface area contributed by atoms with Gasteiger partial charge in [0.25, 0.3) is 0 Å². The van der Waals surface area contributed by atoms with Gasteiger partial charge in [0.05, 0.1) is 25.9 Å². The number of aliphatic hydroxyl groups excluding tert-OH is 3. The van der Waals surface area contributed by atoms with Crippen molar-refractivity contribution in [2.45, 2.75) is 187 Å². The van der Waals surface area contributed by atoms with E-state index >= 15 is 0 Å². The largest absolute Gasteiger partial charge is 0.472 e. The molecular formula is C44H79O11P. The third-order valence-electron chi connectivity index (χ3n) is 8.97. The predicted molar refractivity (Wildman–Crippen MR) is 225 cm³/mol. The first-order valence-corrected chi connectivity index (χ1v) is 23.0. The zero-order valence-electron chi connectivity index (χ0n) is 35.1. The maximum absolute atomic E-state index is 12.6. The zero-order chi connectivity index (χ0) is 41.5. The van der Waals surface area contributed by atoms with E-state index in [0.29, 0.717) is 25.7 Å². The number of phosphoric acid groups is 1. The Morgan fingerprint density at radius 2 is 1.11 bits per heavy atom. The van der Waals surface area contributed by atoms with E-state index in [-0.39, 0.29) is 25.6 Å². The van der Waals surface area contributed by atoms with Gasteiger partial charge in [-0.05, 0) is 57.3 Å². The molecule has 0 aromatic heterocycles. The number of carbonyl (C=O) groups is 2. The van der Waals surface area contributed by atoms with Crippen LogP contribution in [-0.4, -0.2) is 76.9 Å². The Hall–Kier alpha value is -2.11. The summed E-state index contributed by atoms with van der Waals surface area (Å²) in [7, 11) is -4.64. The Labute approximate surface area is 339 Å². The van der Waals surface area contributed by atoms with Crippen molar-refractivity contribution in [3.8, 4) is 0 Å². The molecule has 12 heteroatoms. The summed E-state index contributed by atoms with van der Waals surface area (Å²) in [6.07, 6.45) is 35.8. The number of ether oxygens (including phenoxy) is 2. The predicted octanol–water partition coefficient (Wildman–Crippen LogP) is 10.2. The van der Waals surface area contributed by atoms with Crippen molar-refractivity contribution in [3.05, 3.63) is 48.6 Å². The molecule has 0 saturated heterocycles. The number of phosphoric ester groups is 1. The smallest absolute Gasteiger partial charge is 0.462 e. The Bertz CT molecular complexity index is 1100. The van der Waals surface area contributed by atoms with Gasteiger partial charge in [-0.2, -0.15) is 0 Å². The molecule has 326 valence electrons. The molecule has 0 aromatic rings. The molecule has 4 atom stereocenters. The minimum atomic E-state index is -4.64. The molecule has 0 aliphatic rings. The van der Waals surface area contributed by atoms with E-state index in [1.165, 1.54) is 57.8 Å². The molecule has 0 aromatic carbocycles. The van der Waals surface area contributed by atoms with Crippen LogP contribution in [0.25, 0.3) is 0 Å². The molecule has 11 nitrogen and oxygen atoms in total. The van der Waals surface area contributed by atoms with E-state index in [9.17, 15) is 29.3 Å². The number of unbranched alkanes of at least 4 members (excludes halogenated alkanes) is 12. The Balaban J connectivity index is 4.41. The van der Waals surface area contributed by atoms with Crippen LogP contribution in [0.15, 0.2) is 48.6 Å². The van der Waals surface area contributed by atoms with Crippen molar-refractivity contribution < 1.29 is 52.9 Å². The number of allylic oxidation sites excluding steroid dienone is 7. The number of rotatable bonds is 39. The van der Waals surface area contributed by atoms with E-state index in [0.717, 1.165) is 57.3 Å². The average molecular weight is 815 g/mol. The molecule has 0 heterocycles. The van der Waals surface area contributed by atoms with Gasteiger partial charge in [-0.3, -0.25) is 18.6 Å². The molecule has 4 N–H and O–H groups in total. The van der Waals surface area contributed by atoms with Crippen LogP contribution >= 0.6 is 7.82 Å². The summed E-state index contributed by atoms with van der Waals surface area (Å²) in [4.78, 5) is 34.9. The third-order valence-corrected chi connectivity index (χ3v) is 9.92. The molecule has 0 aliphatic carbocycles. The standard InChI is InChI=1S/C44H79O11P/c1-4-30-40(46)32-27-23-19-15-11-6-5-7-12-16-20-24-28-33-43(48)52-37-42(38-54-56(50,51)53-36-41(47)35-45)55-44(49)34-29-25-21-17-13-9-8-10-14-18-22-26-31-39(2)3/h5,7,11,15-16,20,23,27,39-42,45-47H,4,6,8-10,12-14,17-19,21-22,24-26,28-38H2,1-3H3,(H,50,51)/b7-5-,15-11-,20-16-,27-23-/t40?,41-,42+/m0/s1. The van der Waals surface area contributed by atoms with Crippen molar-refractivity contribution in [3.63, 3.8) is 0 Å². The van der Waals surface area contributed by atoms with Gasteiger partial charge in [0.2, 0.25) is 0 Å².